The summed E-state index contributed by atoms with van der Waals surface area (Å²) in [6.45, 7) is 1.54. The molecule has 19 heavy (non-hydrogen) atoms. The first-order valence-corrected chi connectivity index (χ1v) is 5.79. The normalized spacial score (nSPS) is 18.6. The number of carbonyl (C=O) groups is 1. The highest BCUT2D eigenvalue weighted by molar-refractivity contribution is 6.15. The molecule has 2 rings (SSSR count). The summed E-state index contributed by atoms with van der Waals surface area (Å²) in [7, 11) is 0. The lowest BCUT2D eigenvalue weighted by atomic mass is 10.0. The monoisotopic (exact) mass is 263 g/mol. The molecule has 1 N–H and O–H groups in total. The summed E-state index contributed by atoms with van der Waals surface area (Å²) in [6, 6.07) is 5.95. The minimum Gasteiger partial charge on any atom is -0.396 e. The SMILES string of the molecule is CC1=NN(c2ccccc2[N+](=O)[O-])C(=O)C1CCO. The van der Waals surface area contributed by atoms with Crippen LogP contribution in [0.5, 0.6) is 0 Å². The molecular weight excluding hydrogens is 250 g/mol. The van der Waals surface area contributed by atoms with Gasteiger partial charge in [0.2, 0.25) is 0 Å². The Kier molecular flexibility index (Phi) is 3.57. The van der Waals surface area contributed by atoms with E-state index in [2.05, 4.69) is 5.10 Å². The van der Waals surface area contributed by atoms with E-state index in [1.165, 1.54) is 18.2 Å². The van der Waals surface area contributed by atoms with Gasteiger partial charge in [-0.1, -0.05) is 12.1 Å². The van der Waals surface area contributed by atoms with Gasteiger partial charge in [-0.3, -0.25) is 14.9 Å². The van der Waals surface area contributed by atoms with Gasteiger partial charge < -0.3 is 5.11 Å². The fourth-order valence-corrected chi connectivity index (χ4v) is 2.03. The van der Waals surface area contributed by atoms with Crippen LogP contribution in [0.15, 0.2) is 29.4 Å². The number of nitrogens with zero attached hydrogens (tertiary/aromatic N) is 3. The molecule has 0 aliphatic carbocycles. The first-order valence-electron chi connectivity index (χ1n) is 5.79. The lowest BCUT2D eigenvalue weighted by Crippen LogP contribution is -2.28. The minimum absolute atomic E-state index is 0.131. The number of hydrogen-bond donors (Lipinski definition) is 1. The van der Waals surface area contributed by atoms with Gasteiger partial charge in [0.05, 0.1) is 10.8 Å². The van der Waals surface area contributed by atoms with Crippen molar-refractivity contribution in [2.24, 2.45) is 11.0 Å². The van der Waals surface area contributed by atoms with E-state index >= 15 is 0 Å². The van der Waals surface area contributed by atoms with Gasteiger partial charge in [0, 0.05) is 18.4 Å². The standard InChI is InChI=1S/C12H13N3O4/c1-8-9(6-7-16)12(17)14(13-8)10-4-2-3-5-11(10)15(18)19/h2-5,9,16H,6-7H2,1H3. The summed E-state index contributed by atoms with van der Waals surface area (Å²) in [5.74, 6) is -0.856. The van der Waals surface area contributed by atoms with Gasteiger partial charge in [0.25, 0.3) is 11.6 Å². The number of rotatable bonds is 4. The van der Waals surface area contributed by atoms with Gasteiger partial charge in [-0.25, -0.2) is 0 Å². The number of benzene rings is 1. The van der Waals surface area contributed by atoms with Gasteiger partial charge in [-0.05, 0) is 19.4 Å². The molecule has 7 nitrogen and oxygen atoms in total. The van der Waals surface area contributed by atoms with Crippen LogP contribution in [0, 0.1) is 16.0 Å². The lowest BCUT2D eigenvalue weighted by Gasteiger charge is -2.13. The summed E-state index contributed by atoms with van der Waals surface area (Å²) in [5.41, 5.74) is 0.534. The molecule has 0 saturated heterocycles. The first-order chi connectivity index (χ1) is 9.06. The Labute approximate surface area is 109 Å². The Morgan fingerprint density at radius 2 is 2.16 bits per heavy atom. The second-order valence-electron chi connectivity index (χ2n) is 4.20. The number of aliphatic hydroxyl groups is 1. The predicted molar refractivity (Wildman–Crippen MR) is 68.9 cm³/mol. The van der Waals surface area contributed by atoms with Crippen LogP contribution < -0.4 is 5.01 Å². The van der Waals surface area contributed by atoms with Crippen LogP contribution in [0.1, 0.15) is 13.3 Å². The zero-order valence-corrected chi connectivity index (χ0v) is 10.3. The summed E-state index contributed by atoms with van der Waals surface area (Å²) in [6.07, 6.45) is 0.269. The summed E-state index contributed by atoms with van der Waals surface area (Å²) >= 11 is 0. The molecule has 7 heteroatoms. The molecule has 1 aliphatic rings. The highest BCUT2D eigenvalue weighted by Crippen LogP contribution is 2.32. The molecule has 0 spiro atoms. The fourth-order valence-electron chi connectivity index (χ4n) is 2.03. The maximum atomic E-state index is 12.2. The largest absolute Gasteiger partial charge is 0.396 e. The Hall–Kier alpha value is -2.28. The smallest absolute Gasteiger partial charge is 0.295 e. The number of aliphatic hydroxyl groups excluding tert-OH is 1. The molecule has 1 amide bonds. The van der Waals surface area contributed by atoms with Crippen LogP contribution in [-0.2, 0) is 4.79 Å². The van der Waals surface area contributed by atoms with Crippen molar-refractivity contribution in [3.63, 3.8) is 0 Å². The van der Waals surface area contributed by atoms with Crippen molar-refractivity contribution >= 4 is 23.0 Å². The van der Waals surface area contributed by atoms with E-state index in [1.54, 1.807) is 13.0 Å². The second-order valence-corrected chi connectivity index (χ2v) is 4.20. The van der Waals surface area contributed by atoms with Crippen molar-refractivity contribution in [2.45, 2.75) is 13.3 Å². The van der Waals surface area contributed by atoms with Crippen LogP contribution >= 0.6 is 0 Å². The molecule has 1 heterocycles. The molecule has 0 bridgehead atoms. The number of nitro groups is 1. The lowest BCUT2D eigenvalue weighted by molar-refractivity contribution is -0.384. The average Bonchev–Trinajstić information content (AvgIpc) is 2.67. The van der Waals surface area contributed by atoms with Crippen LogP contribution in [0.4, 0.5) is 11.4 Å². The Balaban J connectivity index is 2.39. The molecule has 0 radical (unpaired) electrons. The van der Waals surface area contributed by atoms with Crippen molar-refractivity contribution < 1.29 is 14.8 Å². The maximum absolute atomic E-state index is 12.2. The van der Waals surface area contributed by atoms with Crippen molar-refractivity contribution in [1.29, 1.82) is 0 Å². The van der Waals surface area contributed by atoms with Crippen LogP contribution in [0.25, 0.3) is 0 Å². The summed E-state index contributed by atoms with van der Waals surface area (Å²) in [5, 5.41) is 25.0. The van der Waals surface area contributed by atoms with Gasteiger partial charge in [0.1, 0.15) is 5.69 Å². The molecule has 1 unspecified atom stereocenters. The topological polar surface area (TPSA) is 96.0 Å². The van der Waals surface area contributed by atoms with Crippen molar-refractivity contribution in [2.75, 3.05) is 11.6 Å². The Bertz CT molecular complexity index is 556. The van der Waals surface area contributed by atoms with E-state index in [1.807, 2.05) is 0 Å². The first kappa shape index (κ1) is 13.2. The van der Waals surface area contributed by atoms with Crippen LogP contribution in [0.2, 0.25) is 0 Å². The highest BCUT2D eigenvalue weighted by atomic mass is 16.6. The minimum atomic E-state index is -0.549. The van der Waals surface area contributed by atoms with Gasteiger partial charge in [-0.15, -0.1) is 0 Å². The number of anilines is 1. The van der Waals surface area contributed by atoms with Gasteiger partial charge in [-0.2, -0.15) is 10.1 Å². The molecule has 0 fully saturated rings. The van der Waals surface area contributed by atoms with Gasteiger partial charge >= 0.3 is 0 Å². The number of para-hydroxylation sites is 2. The molecule has 1 aromatic rings. The van der Waals surface area contributed by atoms with Crippen molar-refractivity contribution in [3.8, 4) is 0 Å². The zero-order valence-electron chi connectivity index (χ0n) is 10.3. The maximum Gasteiger partial charge on any atom is 0.295 e. The number of carbonyl (C=O) groups excluding carboxylic acids is 1. The van der Waals surface area contributed by atoms with Crippen molar-refractivity contribution in [1.82, 2.24) is 0 Å². The number of hydrazone groups is 1. The van der Waals surface area contributed by atoms with E-state index in [4.69, 9.17) is 5.11 Å². The number of hydrogen-bond acceptors (Lipinski definition) is 5. The number of nitro benzene ring substituents is 1. The zero-order chi connectivity index (χ0) is 14.0. The Morgan fingerprint density at radius 3 is 2.79 bits per heavy atom. The molecule has 0 aromatic heterocycles. The quantitative estimate of drug-likeness (QED) is 0.654. The second kappa shape index (κ2) is 5.15. The van der Waals surface area contributed by atoms with E-state index < -0.39 is 10.8 Å². The van der Waals surface area contributed by atoms with E-state index in [0.717, 1.165) is 5.01 Å². The third kappa shape index (κ3) is 2.32. The Morgan fingerprint density at radius 1 is 1.47 bits per heavy atom. The van der Waals surface area contributed by atoms with E-state index in [-0.39, 0.29) is 30.3 Å². The van der Waals surface area contributed by atoms with Crippen LogP contribution in [-0.4, -0.2) is 28.3 Å². The van der Waals surface area contributed by atoms with E-state index in [0.29, 0.717) is 5.71 Å². The van der Waals surface area contributed by atoms with E-state index in [9.17, 15) is 14.9 Å². The summed E-state index contributed by atoms with van der Waals surface area (Å²) < 4.78 is 0. The molecule has 1 aliphatic heterocycles. The third-order valence-corrected chi connectivity index (χ3v) is 2.99. The molecule has 0 saturated carbocycles. The number of amides is 1. The van der Waals surface area contributed by atoms with Crippen molar-refractivity contribution in [3.05, 3.63) is 34.4 Å². The average molecular weight is 263 g/mol. The third-order valence-electron chi connectivity index (χ3n) is 2.99. The molecule has 1 atom stereocenters. The molecule has 100 valence electrons. The molecule has 1 aromatic carbocycles. The van der Waals surface area contributed by atoms with Gasteiger partial charge in [0.15, 0.2) is 0 Å². The van der Waals surface area contributed by atoms with Crippen LogP contribution in [0.3, 0.4) is 0 Å². The molecular formula is C12H13N3O4. The highest BCUT2D eigenvalue weighted by Gasteiger charge is 2.36. The summed E-state index contributed by atoms with van der Waals surface area (Å²) in [4.78, 5) is 22.6. The fraction of sp³-hybridized carbons (Fsp3) is 0.333. The predicted octanol–water partition coefficient (Wildman–Crippen LogP) is 1.32.